The maximum atomic E-state index is 11.1. The van der Waals surface area contributed by atoms with E-state index in [1.165, 1.54) is 64.2 Å². The van der Waals surface area contributed by atoms with Gasteiger partial charge in [0.15, 0.2) is 6.17 Å². The fraction of sp³-hybridized carbons (Fsp3) is 0.818. The zero-order valence-electron chi connectivity index (χ0n) is 17.5. The molecular weight excluding hydrogens is 322 g/mol. The van der Waals surface area contributed by atoms with E-state index in [1.807, 2.05) is 0 Å². The summed E-state index contributed by atoms with van der Waals surface area (Å²) in [5.41, 5.74) is 0. The Labute approximate surface area is 161 Å². The lowest BCUT2D eigenvalue weighted by atomic mass is 10.1. The van der Waals surface area contributed by atoms with Crippen molar-refractivity contribution in [3.63, 3.8) is 0 Å². The molecule has 1 rings (SSSR count). The number of amides is 1. The minimum Gasteiger partial charge on any atom is -0.351 e. The fourth-order valence-corrected chi connectivity index (χ4v) is 3.83. The van der Waals surface area contributed by atoms with Crippen molar-refractivity contribution in [2.45, 2.75) is 91.1 Å². The minimum absolute atomic E-state index is 0.0651. The van der Waals surface area contributed by atoms with Crippen LogP contribution >= 0.6 is 0 Å². The van der Waals surface area contributed by atoms with Crippen LogP contribution in [0.15, 0.2) is 17.1 Å². The smallest absolute Gasteiger partial charge is 0.217 e. The van der Waals surface area contributed by atoms with Crippen LogP contribution in [0.5, 0.6) is 0 Å². The second kappa shape index (κ2) is 14.0. The van der Waals surface area contributed by atoms with Gasteiger partial charge in [-0.25, -0.2) is 4.99 Å². The zero-order chi connectivity index (χ0) is 19.1. The van der Waals surface area contributed by atoms with Gasteiger partial charge in [-0.3, -0.25) is 9.28 Å². The second-order valence-corrected chi connectivity index (χ2v) is 7.69. The molecule has 1 aliphatic rings. The van der Waals surface area contributed by atoms with Gasteiger partial charge >= 0.3 is 0 Å². The van der Waals surface area contributed by atoms with E-state index in [9.17, 15) is 4.79 Å². The number of carbonyl (C=O) groups excluding carboxylic acids is 1. The van der Waals surface area contributed by atoms with Crippen molar-refractivity contribution in [3.05, 3.63) is 12.2 Å². The third kappa shape index (κ3) is 8.98. The van der Waals surface area contributed by atoms with E-state index in [4.69, 9.17) is 4.99 Å². The third-order valence-corrected chi connectivity index (χ3v) is 5.64. The molecule has 26 heavy (non-hydrogen) atoms. The number of aliphatic imine (C=N–C) groups is 1. The molecule has 0 spiro atoms. The molecule has 2 unspecified atom stereocenters. The van der Waals surface area contributed by atoms with Crippen LogP contribution in [0.1, 0.15) is 85.0 Å². The molecule has 4 nitrogen and oxygen atoms in total. The van der Waals surface area contributed by atoms with Crippen LogP contribution in [0.2, 0.25) is 0 Å². The van der Waals surface area contributed by atoms with Crippen LogP contribution in [-0.4, -0.2) is 48.9 Å². The van der Waals surface area contributed by atoms with Gasteiger partial charge in [0.25, 0.3) is 0 Å². The number of quaternary nitrogens is 1. The van der Waals surface area contributed by atoms with Crippen molar-refractivity contribution in [2.75, 3.05) is 26.2 Å². The number of unbranched alkanes of at least 4 members (excludes halogenated alkanes) is 7. The Morgan fingerprint density at radius 2 is 1.81 bits per heavy atom. The minimum atomic E-state index is 0.0651. The highest BCUT2D eigenvalue weighted by molar-refractivity contribution is 5.72. The molecule has 0 aliphatic carbocycles. The third-order valence-electron chi connectivity index (χ3n) is 5.64. The van der Waals surface area contributed by atoms with E-state index in [0.29, 0.717) is 6.17 Å². The van der Waals surface area contributed by atoms with E-state index in [1.54, 1.807) is 6.92 Å². The number of hydrogen-bond acceptors (Lipinski definition) is 2. The van der Waals surface area contributed by atoms with E-state index in [0.717, 1.165) is 30.7 Å². The number of rotatable bonds is 15. The number of allylic oxidation sites excluding steroid dienone is 2. The Bertz CT molecular complexity index is 433. The Kier molecular flexibility index (Phi) is 12.3. The first-order valence-corrected chi connectivity index (χ1v) is 10.9. The van der Waals surface area contributed by atoms with Crippen LogP contribution in [0.25, 0.3) is 0 Å². The predicted molar refractivity (Wildman–Crippen MR) is 112 cm³/mol. The molecule has 2 atom stereocenters. The van der Waals surface area contributed by atoms with E-state index in [-0.39, 0.29) is 5.91 Å². The summed E-state index contributed by atoms with van der Waals surface area (Å²) in [4.78, 5) is 15.9. The van der Waals surface area contributed by atoms with E-state index in [2.05, 4.69) is 37.5 Å². The first kappa shape index (κ1) is 22.9. The van der Waals surface area contributed by atoms with Crippen LogP contribution in [0.3, 0.4) is 0 Å². The average molecular weight is 365 g/mol. The molecule has 0 saturated heterocycles. The zero-order valence-corrected chi connectivity index (χ0v) is 17.5. The Balaban J connectivity index is 2.14. The molecule has 0 radical (unpaired) electrons. The van der Waals surface area contributed by atoms with Gasteiger partial charge in [-0.05, 0) is 39.0 Å². The van der Waals surface area contributed by atoms with Gasteiger partial charge in [0.05, 0.1) is 25.8 Å². The second-order valence-electron chi connectivity index (χ2n) is 7.69. The van der Waals surface area contributed by atoms with Gasteiger partial charge in [0.1, 0.15) is 6.54 Å². The van der Waals surface area contributed by atoms with Crippen LogP contribution < -0.4 is 5.32 Å². The summed E-state index contributed by atoms with van der Waals surface area (Å²) >= 11 is 0. The SMILES string of the molecule is CCCCC/C=C/CCCCCCC1N=CC[N+]1(CC)CCNC(C)=O. The van der Waals surface area contributed by atoms with Gasteiger partial charge < -0.3 is 5.32 Å². The van der Waals surface area contributed by atoms with E-state index >= 15 is 0 Å². The van der Waals surface area contributed by atoms with Crippen molar-refractivity contribution in [2.24, 2.45) is 4.99 Å². The van der Waals surface area contributed by atoms with Crippen molar-refractivity contribution in [1.82, 2.24) is 5.32 Å². The molecule has 150 valence electrons. The summed E-state index contributed by atoms with van der Waals surface area (Å²) in [6.45, 7) is 9.96. The van der Waals surface area contributed by atoms with Gasteiger partial charge in [-0.2, -0.15) is 0 Å². The number of hydrogen-bond donors (Lipinski definition) is 1. The molecule has 1 aliphatic heterocycles. The molecule has 0 aromatic carbocycles. The van der Waals surface area contributed by atoms with Crippen LogP contribution in [0, 0.1) is 0 Å². The first-order chi connectivity index (χ1) is 12.6. The summed E-state index contributed by atoms with van der Waals surface area (Å²) in [5.74, 6) is 0.0651. The summed E-state index contributed by atoms with van der Waals surface area (Å²) in [6, 6.07) is 0. The lowest BCUT2D eigenvalue weighted by molar-refractivity contribution is -0.935. The molecular formula is C22H42N3O+. The summed E-state index contributed by atoms with van der Waals surface area (Å²) in [7, 11) is 0. The molecule has 0 fully saturated rings. The van der Waals surface area contributed by atoms with E-state index < -0.39 is 0 Å². The normalized spacial score (nSPS) is 22.3. The summed E-state index contributed by atoms with van der Waals surface area (Å²) in [5, 5.41) is 2.95. The Hall–Kier alpha value is -1.16. The van der Waals surface area contributed by atoms with Crippen LogP contribution in [0.4, 0.5) is 0 Å². The number of carbonyl (C=O) groups is 1. The summed E-state index contributed by atoms with van der Waals surface area (Å²) < 4.78 is 1.01. The highest BCUT2D eigenvalue weighted by atomic mass is 16.1. The Morgan fingerprint density at radius 1 is 1.12 bits per heavy atom. The predicted octanol–water partition coefficient (Wildman–Crippen LogP) is 4.85. The van der Waals surface area contributed by atoms with Crippen molar-refractivity contribution >= 4 is 12.1 Å². The first-order valence-electron chi connectivity index (χ1n) is 10.9. The fourth-order valence-electron chi connectivity index (χ4n) is 3.83. The van der Waals surface area contributed by atoms with Crippen molar-refractivity contribution in [1.29, 1.82) is 0 Å². The topological polar surface area (TPSA) is 41.5 Å². The number of nitrogens with zero attached hydrogens (tertiary/aromatic N) is 2. The highest BCUT2D eigenvalue weighted by Crippen LogP contribution is 2.24. The molecule has 0 aromatic rings. The largest absolute Gasteiger partial charge is 0.351 e. The Morgan fingerprint density at radius 3 is 2.46 bits per heavy atom. The van der Waals surface area contributed by atoms with Gasteiger partial charge in [0.2, 0.25) is 5.91 Å². The quantitative estimate of drug-likeness (QED) is 0.252. The standard InChI is InChI=1S/C22H41N3O/c1-4-6-7-8-9-10-11-12-13-14-15-16-22-24-18-20-25(22,5-2)19-17-23-21(3)26/h9-10,18,22H,4-8,11-17,19-20H2,1-3H3/p+1/b10-9+. The molecule has 0 bridgehead atoms. The maximum absolute atomic E-state index is 11.1. The molecule has 1 N–H and O–H groups in total. The highest BCUT2D eigenvalue weighted by Gasteiger charge is 2.37. The van der Waals surface area contributed by atoms with Crippen LogP contribution in [-0.2, 0) is 4.79 Å². The maximum Gasteiger partial charge on any atom is 0.217 e. The summed E-state index contributed by atoms with van der Waals surface area (Å²) in [6.07, 6.45) is 20.1. The number of likely N-dealkylation sites (N-methyl/N-ethyl adjacent to an activating group) is 1. The molecule has 4 heteroatoms. The van der Waals surface area contributed by atoms with Crippen molar-refractivity contribution < 1.29 is 9.28 Å². The van der Waals surface area contributed by atoms with Gasteiger partial charge in [-0.1, -0.05) is 44.8 Å². The van der Waals surface area contributed by atoms with Gasteiger partial charge in [-0.15, -0.1) is 0 Å². The van der Waals surface area contributed by atoms with Gasteiger partial charge in [0, 0.05) is 13.3 Å². The number of nitrogens with one attached hydrogen (secondary N) is 1. The molecule has 0 aromatic heterocycles. The lowest BCUT2D eigenvalue weighted by Crippen LogP contribution is -2.55. The lowest BCUT2D eigenvalue weighted by Gasteiger charge is -2.38. The van der Waals surface area contributed by atoms with Crippen molar-refractivity contribution in [3.8, 4) is 0 Å². The average Bonchev–Trinajstić information content (AvgIpc) is 3.02. The molecule has 1 amide bonds. The molecule has 1 heterocycles. The monoisotopic (exact) mass is 364 g/mol. The molecule has 0 saturated carbocycles.